The van der Waals surface area contributed by atoms with Crippen LogP contribution in [0.5, 0.6) is 0 Å². The van der Waals surface area contributed by atoms with Gasteiger partial charge in [-0.1, -0.05) is 12.1 Å². The van der Waals surface area contributed by atoms with Gasteiger partial charge in [-0.3, -0.25) is 0 Å². The summed E-state index contributed by atoms with van der Waals surface area (Å²) in [6, 6.07) is 6.26. The summed E-state index contributed by atoms with van der Waals surface area (Å²) >= 11 is 0. The Hall–Kier alpha value is -2.08. The van der Waals surface area contributed by atoms with Gasteiger partial charge in [0.15, 0.2) is 0 Å². The number of carboxylic acids is 1. The van der Waals surface area contributed by atoms with Crippen LogP contribution >= 0.6 is 0 Å². The van der Waals surface area contributed by atoms with E-state index in [1.54, 1.807) is 19.2 Å². The molecule has 0 radical (unpaired) electrons. The van der Waals surface area contributed by atoms with Crippen molar-refractivity contribution in [1.82, 2.24) is 10.6 Å². The fraction of sp³-hybridized carbons (Fsp3) is 0.467. The van der Waals surface area contributed by atoms with Crippen molar-refractivity contribution in [1.29, 1.82) is 0 Å². The molecule has 2 unspecified atom stereocenters. The first-order valence-corrected chi connectivity index (χ1v) is 6.99. The van der Waals surface area contributed by atoms with Crippen molar-refractivity contribution in [3.63, 3.8) is 0 Å². The number of carboxylic acid groups (broad SMARTS) is 1. The second kappa shape index (κ2) is 7.08. The smallest absolute Gasteiger partial charge is 0.335 e. The summed E-state index contributed by atoms with van der Waals surface area (Å²) in [5.74, 6) is -0.959. The van der Waals surface area contributed by atoms with Crippen LogP contribution in [0.3, 0.4) is 0 Å². The molecule has 6 heteroatoms. The van der Waals surface area contributed by atoms with E-state index in [-0.39, 0.29) is 23.7 Å². The van der Waals surface area contributed by atoms with Crippen molar-refractivity contribution in [2.45, 2.75) is 38.0 Å². The summed E-state index contributed by atoms with van der Waals surface area (Å²) in [5.41, 5.74) is 1.09. The van der Waals surface area contributed by atoms with Gasteiger partial charge in [0.1, 0.15) is 0 Å². The zero-order valence-electron chi connectivity index (χ0n) is 12.0. The van der Waals surface area contributed by atoms with Gasteiger partial charge in [0.05, 0.1) is 17.7 Å². The number of methoxy groups -OCH3 is 1. The molecular formula is C15H20N2O4. The molecule has 2 amide bonds. The highest BCUT2D eigenvalue weighted by Gasteiger charge is 2.28. The quantitative estimate of drug-likeness (QED) is 0.771. The number of ether oxygens (including phenoxy) is 1. The molecule has 1 fully saturated rings. The summed E-state index contributed by atoms with van der Waals surface area (Å²) < 4.78 is 5.32. The third-order valence-electron chi connectivity index (χ3n) is 3.73. The van der Waals surface area contributed by atoms with E-state index in [9.17, 15) is 9.59 Å². The van der Waals surface area contributed by atoms with Gasteiger partial charge in [-0.05, 0) is 37.0 Å². The summed E-state index contributed by atoms with van der Waals surface area (Å²) in [5, 5.41) is 14.5. The molecule has 1 aliphatic rings. The molecule has 0 saturated heterocycles. The van der Waals surface area contributed by atoms with E-state index >= 15 is 0 Å². The molecule has 2 atom stereocenters. The number of hydrogen-bond acceptors (Lipinski definition) is 3. The lowest BCUT2D eigenvalue weighted by Crippen LogP contribution is -2.45. The lowest BCUT2D eigenvalue weighted by atomic mass is 10.1. The third-order valence-corrected chi connectivity index (χ3v) is 3.73. The van der Waals surface area contributed by atoms with Crippen LogP contribution in [0.15, 0.2) is 24.3 Å². The second-order valence-electron chi connectivity index (χ2n) is 5.14. The van der Waals surface area contributed by atoms with Gasteiger partial charge >= 0.3 is 12.0 Å². The Balaban J connectivity index is 1.79. The van der Waals surface area contributed by atoms with Gasteiger partial charge < -0.3 is 20.5 Å². The van der Waals surface area contributed by atoms with Crippen LogP contribution in [-0.2, 0) is 11.3 Å². The molecule has 0 spiro atoms. The first kappa shape index (κ1) is 15.3. The Bertz CT molecular complexity index is 501. The molecule has 0 aliphatic heterocycles. The van der Waals surface area contributed by atoms with Crippen LogP contribution in [0.1, 0.15) is 35.2 Å². The van der Waals surface area contributed by atoms with Crippen LogP contribution in [0.2, 0.25) is 0 Å². The first-order valence-electron chi connectivity index (χ1n) is 6.99. The van der Waals surface area contributed by atoms with Crippen molar-refractivity contribution in [3.05, 3.63) is 35.4 Å². The number of hydrogen-bond donors (Lipinski definition) is 3. The number of benzene rings is 1. The molecule has 6 nitrogen and oxygen atoms in total. The molecule has 1 aromatic carbocycles. The zero-order chi connectivity index (χ0) is 15.2. The average Bonchev–Trinajstić information content (AvgIpc) is 2.92. The molecule has 1 aliphatic carbocycles. The summed E-state index contributed by atoms with van der Waals surface area (Å²) in [6.45, 7) is 0.357. The predicted molar refractivity (Wildman–Crippen MR) is 77.2 cm³/mol. The Morgan fingerprint density at radius 3 is 2.62 bits per heavy atom. The topological polar surface area (TPSA) is 87.7 Å². The number of aromatic carboxylic acids is 1. The molecule has 2 rings (SSSR count). The van der Waals surface area contributed by atoms with Crippen LogP contribution in [-0.4, -0.2) is 36.4 Å². The minimum Gasteiger partial charge on any atom is -0.478 e. The third kappa shape index (κ3) is 4.19. The summed E-state index contributed by atoms with van der Waals surface area (Å²) in [7, 11) is 1.66. The summed E-state index contributed by atoms with van der Waals surface area (Å²) in [6.07, 6.45) is 3.04. The zero-order valence-corrected chi connectivity index (χ0v) is 12.0. The Morgan fingerprint density at radius 2 is 2.00 bits per heavy atom. The van der Waals surface area contributed by atoms with E-state index < -0.39 is 5.97 Å². The molecule has 1 aromatic rings. The van der Waals surface area contributed by atoms with Crippen LogP contribution in [0.25, 0.3) is 0 Å². The van der Waals surface area contributed by atoms with Crippen molar-refractivity contribution in [2.24, 2.45) is 0 Å². The Labute approximate surface area is 123 Å². The van der Waals surface area contributed by atoms with Crippen LogP contribution in [0.4, 0.5) is 4.79 Å². The summed E-state index contributed by atoms with van der Waals surface area (Å²) in [4.78, 5) is 22.6. The first-order chi connectivity index (χ1) is 10.1. The highest BCUT2D eigenvalue weighted by atomic mass is 16.5. The van der Waals surface area contributed by atoms with E-state index in [1.165, 1.54) is 12.1 Å². The van der Waals surface area contributed by atoms with Gasteiger partial charge in [0.2, 0.25) is 0 Å². The lowest BCUT2D eigenvalue weighted by molar-refractivity contribution is 0.0697. The maximum atomic E-state index is 11.8. The van der Waals surface area contributed by atoms with Gasteiger partial charge in [0.25, 0.3) is 0 Å². The molecule has 0 aromatic heterocycles. The highest BCUT2D eigenvalue weighted by molar-refractivity contribution is 5.87. The minimum absolute atomic E-state index is 0.0596. The van der Waals surface area contributed by atoms with Crippen molar-refractivity contribution in [3.8, 4) is 0 Å². The second-order valence-corrected chi connectivity index (χ2v) is 5.14. The van der Waals surface area contributed by atoms with E-state index in [0.717, 1.165) is 24.8 Å². The number of carbonyl (C=O) groups is 2. The monoisotopic (exact) mass is 292 g/mol. The van der Waals surface area contributed by atoms with Gasteiger partial charge in [-0.25, -0.2) is 9.59 Å². The van der Waals surface area contributed by atoms with Crippen molar-refractivity contribution >= 4 is 12.0 Å². The number of rotatable bonds is 5. The van der Waals surface area contributed by atoms with E-state index in [2.05, 4.69) is 10.6 Å². The normalized spacial score (nSPS) is 21.0. The standard InChI is InChI=1S/C15H20N2O4/c1-21-13-4-2-3-12(13)17-15(20)16-9-10-5-7-11(8-6-10)14(18)19/h5-8,12-13H,2-4,9H2,1H3,(H,18,19)(H2,16,17,20). The van der Waals surface area contributed by atoms with Crippen molar-refractivity contribution in [2.75, 3.05) is 7.11 Å². The Morgan fingerprint density at radius 1 is 1.29 bits per heavy atom. The average molecular weight is 292 g/mol. The lowest BCUT2D eigenvalue weighted by Gasteiger charge is -2.19. The number of nitrogens with one attached hydrogen (secondary N) is 2. The largest absolute Gasteiger partial charge is 0.478 e. The molecule has 3 N–H and O–H groups in total. The molecule has 1 saturated carbocycles. The molecule has 0 bridgehead atoms. The van der Waals surface area contributed by atoms with E-state index in [1.807, 2.05) is 0 Å². The van der Waals surface area contributed by atoms with Gasteiger partial charge in [-0.15, -0.1) is 0 Å². The highest BCUT2D eigenvalue weighted by Crippen LogP contribution is 2.21. The molecular weight excluding hydrogens is 272 g/mol. The van der Waals surface area contributed by atoms with E-state index in [0.29, 0.717) is 6.54 Å². The minimum atomic E-state index is -0.959. The maximum absolute atomic E-state index is 11.8. The van der Waals surface area contributed by atoms with Gasteiger partial charge in [-0.2, -0.15) is 0 Å². The fourth-order valence-corrected chi connectivity index (χ4v) is 2.54. The number of urea groups is 1. The molecule has 0 heterocycles. The molecule has 114 valence electrons. The van der Waals surface area contributed by atoms with Crippen molar-refractivity contribution < 1.29 is 19.4 Å². The van der Waals surface area contributed by atoms with E-state index in [4.69, 9.17) is 9.84 Å². The maximum Gasteiger partial charge on any atom is 0.335 e. The van der Waals surface area contributed by atoms with Gasteiger partial charge in [0, 0.05) is 13.7 Å². The predicted octanol–water partition coefficient (Wildman–Crippen LogP) is 1.75. The Kier molecular flexibility index (Phi) is 5.16. The van der Waals surface area contributed by atoms with Crippen LogP contribution < -0.4 is 10.6 Å². The number of amides is 2. The van der Waals surface area contributed by atoms with Crippen LogP contribution in [0, 0.1) is 0 Å². The fourth-order valence-electron chi connectivity index (χ4n) is 2.54. The molecule has 21 heavy (non-hydrogen) atoms. The SMILES string of the molecule is COC1CCCC1NC(=O)NCc1ccc(C(=O)O)cc1. The number of carbonyl (C=O) groups excluding carboxylic acids is 1.